The van der Waals surface area contributed by atoms with Crippen molar-refractivity contribution in [1.29, 1.82) is 0 Å². The van der Waals surface area contributed by atoms with Gasteiger partial charge in [-0.05, 0) is 6.92 Å². The van der Waals surface area contributed by atoms with Crippen molar-refractivity contribution in [3.63, 3.8) is 0 Å². The summed E-state index contributed by atoms with van der Waals surface area (Å²) in [5.41, 5.74) is 0.975. The second-order valence-corrected chi connectivity index (χ2v) is 2.58. The molecule has 0 atom stereocenters. The van der Waals surface area contributed by atoms with Crippen LogP contribution in [0.15, 0.2) is 0 Å². The topological polar surface area (TPSA) is 120 Å². The molecule has 0 saturated carbocycles. The standard InChI is InChI=1S/C6H6N6O2/c1-2-3(8-11-7-2)4-5(6(13)14)10-12-9-4/h1H3,(H,13,14)(H,7,8,11)(H,9,10,12). The van der Waals surface area contributed by atoms with Gasteiger partial charge in [0.15, 0.2) is 5.69 Å². The maximum Gasteiger partial charge on any atom is 0.358 e. The molecule has 0 unspecified atom stereocenters. The number of carboxylic acid groups (broad SMARTS) is 1. The number of aromatic carboxylic acids is 1. The zero-order valence-corrected chi connectivity index (χ0v) is 7.14. The van der Waals surface area contributed by atoms with Crippen LogP contribution in [0.1, 0.15) is 16.2 Å². The predicted molar refractivity (Wildman–Crippen MR) is 43.5 cm³/mol. The van der Waals surface area contributed by atoms with Gasteiger partial charge in [0.05, 0.1) is 5.69 Å². The Morgan fingerprint density at radius 1 is 1.14 bits per heavy atom. The van der Waals surface area contributed by atoms with E-state index in [0.29, 0.717) is 11.4 Å². The monoisotopic (exact) mass is 194 g/mol. The molecule has 2 rings (SSSR count). The first-order chi connectivity index (χ1) is 6.70. The Labute approximate surface area is 77.3 Å². The fourth-order valence-electron chi connectivity index (χ4n) is 1.05. The fourth-order valence-corrected chi connectivity index (χ4v) is 1.05. The molecular weight excluding hydrogens is 188 g/mol. The molecule has 2 heterocycles. The van der Waals surface area contributed by atoms with Gasteiger partial charge >= 0.3 is 5.97 Å². The Kier molecular flexibility index (Phi) is 1.73. The first-order valence-electron chi connectivity index (χ1n) is 3.72. The maximum atomic E-state index is 10.7. The summed E-state index contributed by atoms with van der Waals surface area (Å²) in [7, 11) is 0. The number of hydrogen-bond acceptors (Lipinski definition) is 5. The molecule has 0 aliphatic carbocycles. The Bertz CT molecular complexity index is 472. The van der Waals surface area contributed by atoms with Crippen LogP contribution in [0.3, 0.4) is 0 Å². The summed E-state index contributed by atoms with van der Waals surface area (Å²) >= 11 is 0. The Balaban J connectivity index is 2.57. The van der Waals surface area contributed by atoms with Crippen molar-refractivity contribution in [2.24, 2.45) is 0 Å². The van der Waals surface area contributed by atoms with E-state index < -0.39 is 5.97 Å². The second-order valence-electron chi connectivity index (χ2n) is 2.58. The van der Waals surface area contributed by atoms with E-state index in [1.54, 1.807) is 6.92 Å². The number of nitrogens with zero attached hydrogens (tertiary/aromatic N) is 4. The molecule has 0 amide bonds. The van der Waals surface area contributed by atoms with Crippen LogP contribution in [0.5, 0.6) is 0 Å². The number of hydrogen-bond donors (Lipinski definition) is 3. The lowest BCUT2D eigenvalue weighted by molar-refractivity contribution is 0.0691. The number of H-pyrrole nitrogens is 2. The minimum Gasteiger partial charge on any atom is -0.476 e. The van der Waals surface area contributed by atoms with E-state index in [1.807, 2.05) is 0 Å². The van der Waals surface area contributed by atoms with Gasteiger partial charge in [0.25, 0.3) is 0 Å². The van der Waals surface area contributed by atoms with Crippen molar-refractivity contribution >= 4 is 5.97 Å². The third-order valence-corrected chi connectivity index (χ3v) is 1.70. The van der Waals surface area contributed by atoms with Gasteiger partial charge in [0.1, 0.15) is 11.4 Å². The maximum absolute atomic E-state index is 10.7. The number of rotatable bonds is 2. The second kappa shape index (κ2) is 2.91. The quantitative estimate of drug-likeness (QED) is 0.597. The molecule has 0 saturated heterocycles. The van der Waals surface area contributed by atoms with Crippen molar-refractivity contribution in [3.05, 3.63) is 11.4 Å². The van der Waals surface area contributed by atoms with Crippen molar-refractivity contribution in [1.82, 2.24) is 30.8 Å². The van der Waals surface area contributed by atoms with Crippen molar-refractivity contribution < 1.29 is 9.90 Å². The fraction of sp³-hybridized carbons (Fsp3) is 0.167. The molecule has 0 aliphatic heterocycles. The van der Waals surface area contributed by atoms with Gasteiger partial charge in [-0.25, -0.2) is 4.79 Å². The number of aromatic amines is 2. The third-order valence-electron chi connectivity index (χ3n) is 1.70. The first-order valence-corrected chi connectivity index (χ1v) is 3.72. The van der Waals surface area contributed by atoms with Gasteiger partial charge in [0.2, 0.25) is 0 Å². The molecule has 0 radical (unpaired) electrons. The molecule has 14 heavy (non-hydrogen) atoms. The van der Waals surface area contributed by atoms with E-state index in [-0.39, 0.29) is 11.4 Å². The Hall–Kier alpha value is -2.25. The summed E-state index contributed by atoms with van der Waals surface area (Å²) < 4.78 is 0. The average Bonchev–Trinajstić information content (AvgIpc) is 2.70. The van der Waals surface area contributed by atoms with E-state index in [0.717, 1.165) is 0 Å². The smallest absolute Gasteiger partial charge is 0.358 e. The van der Waals surface area contributed by atoms with Crippen LogP contribution < -0.4 is 0 Å². The van der Waals surface area contributed by atoms with Crippen molar-refractivity contribution in [3.8, 4) is 11.4 Å². The molecule has 2 aromatic rings. The van der Waals surface area contributed by atoms with Gasteiger partial charge in [-0.1, -0.05) is 0 Å². The molecule has 0 spiro atoms. The highest BCUT2D eigenvalue weighted by molar-refractivity contribution is 5.92. The molecule has 0 fully saturated rings. The average molecular weight is 194 g/mol. The van der Waals surface area contributed by atoms with Crippen LogP contribution in [0.4, 0.5) is 0 Å². The molecule has 0 bridgehead atoms. The third kappa shape index (κ3) is 1.13. The van der Waals surface area contributed by atoms with Crippen LogP contribution in [-0.2, 0) is 0 Å². The minimum absolute atomic E-state index is 0.165. The SMILES string of the molecule is Cc1n[nH]nc1-c1n[nH]nc1C(=O)O. The highest BCUT2D eigenvalue weighted by Crippen LogP contribution is 2.18. The zero-order valence-electron chi connectivity index (χ0n) is 7.14. The normalized spacial score (nSPS) is 10.4. The van der Waals surface area contributed by atoms with Crippen LogP contribution in [0, 0.1) is 6.92 Å². The highest BCUT2D eigenvalue weighted by Gasteiger charge is 2.20. The molecule has 0 aromatic carbocycles. The lowest BCUT2D eigenvalue weighted by Crippen LogP contribution is -2.00. The van der Waals surface area contributed by atoms with Crippen LogP contribution in [0.2, 0.25) is 0 Å². The summed E-state index contributed by atoms with van der Waals surface area (Å²) in [4.78, 5) is 10.7. The van der Waals surface area contributed by atoms with Gasteiger partial charge in [-0.15, -0.1) is 5.10 Å². The van der Waals surface area contributed by atoms with Crippen LogP contribution in [0.25, 0.3) is 11.4 Å². The highest BCUT2D eigenvalue weighted by atomic mass is 16.4. The molecule has 3 N–H and O–H groups in total. The Morgan fingerprint density at radius 2 is 1.79 bits per heavy atom. The van der Waals surface area contributed by atoms with E-state index in [4.69, 9.17) is 5.11 Å². The number of aromatic nitrogens is 6. The van der Waals surface area contributed by atoms with Gasteiger partial charge in [-0.2, -0.15) is 25.7 Å². The molecule has 8 nitrogen and oxygen atoms in total. The summed E-state index contributed by atoms with van der Waals surface area (Å²) in [6.45, 7) is 1.69. The number of carbonyl (C=O) groups is 1. The van der Waals surface area contributed by atoms with Gasteiger partial charge in [0, 0.05) is 0 Å². The lowest BCUT2D eigenvalue weighted by atomic mass is 10.2. The van der Waals surface area contributed by atoms with Crippen LogP contribution in [-0.4, -0.2) is 41.9 Å². The summed E-state index contributed by atoms with van der Waals surface area (Å²) in [6.07, 6.45) is 0. The zero-order chi connectivity index (χ0) is 10.1. The molecule has 2 aromatic heterocycles. The van der Waals surface area contributed by atoms with E-state index >= 15 is 0 Å². The molecule has 72 valence electrons. The van der Waals surface area contributed by atoms with E-state index in [2.05, 4.69) is 30.8 Å². The summed E-state index contributed by atoms with van der Waals surface area (Å²) in [5.74, 6) is -1.16. The lowest BCUT2D eigenvalue weighted by Gasteiger charge is -1.91. The molecule has 8 heteroatoms. The van der Waals surface area contributed by atoms with Crippen molar-refractivity contribution in [2.75, 3.05) is 0 Å². The summed E-state index contributed by atoms with van der Waals surface area (Å²) in [5, 5.41) is 28.1. The Morgan fingerprint density at radius 3 is 2.36 bits per heavy atom. The van der Waals surface area contributed by atoms with Crippen molar-refractivity contribution in [2.45, 2.75) is 6.92 Å². The minimum atomic E-state index is -1.16. The first kappa shape index (κ1) is 8.35. The van der Waals surface area contributed by atoms with Gasteiger partial charge in [-0.3, -0.25) is 0 Å². The van der Waals surface area contributed by atoms with Gasteiger partial charge < -0.3 is 5.11 Å². The number of carboxylic acids is 1. The largest absolute Gasteiger partial charge is 0.476 e. The number of aryl methyl sites for hydroxylation is 1. The van der Waals surface area contributed by atoms with Crippen LogP contribution >= 0.6 is 0 Å². The van der Waals surface area contributed by atoms with E-state index in [1.165, 1.54) is 0 Å². The number of nitrogens with one attached hydrogen (secondary N) is 2. The molecule has 0 aliphatic rings. The van der Waals surface area contributed by atoms with E-state index in [9.17, 15) is 4.79 Å². The molecular formula is C6H6N6O2. The predicted octanol–water partition coefficient (Wildman–Crippen LogP) is -0.404. The summed E-state index contributed by atoms with van der Waals surface area (Å²) in [6, 6.07) is 0.